The lowest BCUT2D eigenvalue weighted by Gasteiger charge is -2.38. The Morgan fingerprint density at radius 1 is 1.30 bits per heavy atom. The third-order valence-corrected chi connectivity index (χ3v) is 4.86. The van der Waals surface area contributed by atoms with E-state index in [1.54, 1.807) is 7.11 Å². The van der Waals surface area contributed by atoms with Crippen molar-refractivity contribution in [1.82, 2.24) is 10.2 Å². The Bertz CT molecular complexity index is 440. The van der Waals surface area contributed by atoms with Crippen LogP contribution in [0.4, 0.5) is 0 Å². The van der Waals surface area contributed by atoms with E-state index in [2.05, 4.69) is 35.3 Å². The van der Waals surface area contributed by atoms with E-state index in [0.717, 1.165) is 17.6 Å². The topological polar surface area (TPSA) is 24.5 Å². The van der Waals surface area contributed by atoms with E-state index in [1.807, 2.05) is 6.07 Å². The summed E-state index contributed by atoms with van der Waals surface area (Å²) in [5, 5.41) is 3.54. The Balaban J connectivity index is 0.00000147. The molecule has 1 aromatic carbocycles. The fourth-order valence-corrected chi connectivity index (χ4v) is 3.53. The molecule has 2 aliphatic heterocycles. The van der Waals surface area contributed by atoms with Crippen LogP contribution in [0.25, 0.3) is 0 Å². The van der Waals surface area contributed by atoms with Crippen LogP contribution in [0.3, 0.4) is 0 Å². The van der Waals surface area contributed by atoms with Crippen molar-refractivity contribution in [3.63, 3.8) is 0 Å². The molecule has 4 heteroatoms. The quantitative estimate of drug-likeness (QED) is 0.928. The number of nitrogens with one attached hydrogen (secondary N) is 1. The Morgan fingerprint density at radius 3 is 2.90 bits per heavy atom. The van der Waals surface area contributed by atoms with E-state index < -0.39 is 0 Å². The summed E-state index contributed by atoms with van der Waals surface area (Å²) in [6.07, 6.45) is 1.34. The van der Waals surface area contributed by atoms with Gasteiger partial charge in [0.15, 0.2) is 0 Å². The lowest BCUT2D eigenvalue weighted by molar-refractivity contribution is 0.111. The van der Waals surface area contributed by atoms with Gasteiger partial charge in [-0.25, -0.2) is 0 Å². The predicted octanol–water partition coefficient (Wildman–Crippen LogP) is 2.72. The van der Waals surface area contributed by atoms with E-state index in [4.69, 9.17) is 4.74 Å². The van der Waals surface area contributed by atoms with Crippen LogP contribution in [0.2, 0.25) is 0 Å². The summed E-state index contributed by atoms with van der Waals surface area (Å²) in [5.74, 6) is 2.72. The minimum atomic E-state index is 0. The monoisotopic (exact) mass is 296 g/mol. The van der Waals surface area contributed by atoms with Crippen LogP contribution in [-0.2, 0) is 0 Å². The smallest absolute Gasteiger partial charge is 0.119 e. The van der Waals surface area contributed by atoms with Gasteiger partial charge in [-0.3, -0.25) is 4.90 Å². The summed E-state index contributed by atoms with van der Waals surface area (Å²) in [6.45, 7) is 7.20. The summed E-state index contributed by atoms with van der Waals surface area (Å²) in [7, 11) is 1.74. The second-order valence-corrected chi connectivity index (χ2v) is 5.91. The van der Waals surface area contributed by atoms with E-state index in [0.29, 0.717) is 6.04 Å². The van der Waals surface area contributed by atoms with E-state index in [-0.39, 0.29) is 12.4 Å². The molecule has 0 amide bonds. The van der Waals surface area contributed by atoms with E-state index in [9.17, 15) is 0 Å². The van der Waals surface area contributed by atoms with Crippen LogP contribution in [0.5, 0.6) is 5.75 Å². The molecule has 2 heterocycles. The Hall–Kier alpha value is -0.770. The maximum Gasteiger partial charge on any atom is 0.119 e. The number of nitrogens with zero attached hydrogens (tertiary/aromatic N) is 1. The minimum absolute atomic E-state index is 0. The molecule has 3 rings (SSSR count). The van der Waals surface area contributed by atoms with Gasteiger partial charge in [-0.05, 0) is 62.5 Å². The number of ether oxygens (including phenoxy) is 1. The molecule has 2 saturated heterocycles. The predicted molar refractivity (Wildman–Crippen MR) is 84.7 cm³/mol. The first-order chi connectivity index (χ1) is 9.28. The largest absolute Gasteiger partial charge is 0.497 e. The third-order valence-electron chi connectivity index (χ3n) is 4.86. The molecule has 3 unspecified atom stereocenters. The standard InChI is InChI=1S/C16H24N2O.ClH/c1-12(13-4-3-5-16(8-13)19-2)18-7-6-14-9-17-10-15(14)11-18;/h3-5,8,12,14-15,17H,6-7,9-11H2,1-2H3;1H. The number of hydrogen-bond donors (Lipinski definition) is 1. The highest BCUT2D eigenvalue weighted by Gasteiger charge is 2.34. The van der Waals surface area contributed by atoms with Crippen molar-refractivity contribution in [1.29, 1.82) is 0 Å². The van der Waals surface area contributed by atoms with Gasteiger partial charge in [0.05, 0.1) is 7.11 Å². The van der Waals surface area contributed by atoms with Crippen molar-refractivity contribution in [3.8, 4) is 5.75 Å². The molecule has 0 radical (unpaired) electrons. The third kappa shape index (κ3) is 3.11. The molecule has 20 heavy (non-hydrogen) atoms. The van der Waals surface area contributed by atoms with Gasteiger partial charge >= 0.3 is 0 Å². The number of piperidine rings is 1. The molecule has 0 spiro atoms. The molecule has 0 bridgehead atoms. The first-order valence-corrected chi connectivity index (χ1v) is 7.36. The second kappa shape index (κ2) is 6.79. The van der Waals surface area contributed by atoms with E-state index >= 15 is 0 Å². The van der Waals surface area contributed by atoms with Gasteiger partial charge in [-0.2, -0.15) is 0 Å². The first-order valence-electron chi connectivity index (χ1n) is 7.36. The normalized spacial score (nSPS) is 27.5. The lowest BCUT2D eigenvalue weighted by Crippen LogP contribution is -2.41. The number of fused-ring (bicyclic) bond motifs is 1. The van der Waals surface area contributed by atoms with Gasteiger partial charge in [0.1, 0.15) is 5.75 Å². The molecular weight excluding hydrogens is 272 g/mol. The second-order valence-electron chi connectivity index (χ2n) is 5.91. The van der Waals surface area contributed by atoms with Crippen molar-refractivity contribution in [3.05, 3.63) is 29.8 Å². The minimum Gasteiger partial charge on any atom is -0.497 e. The molecule has 3 nitrogen and oxygen atoms in total. The van der Waals surface area contributed by atoms with Gasteiger partial charge in [0.2, 0.25) is 0 Å². The van der Waals surface area contributed by atoms with Gasteiger partial charge in [0, 0.05) is 12.6 Å². The molecule has 2 aliphatic rings. The maximum absolute atomic E-state index is 5.33. The molecule has 0 saturated carbocycles. The van der Waals surface area contributed by atoms with Crippen molar-refractivity contribution in [2.45, 2.75) is 19.4 Å². The number of benzene rings is 1. The van der Waals surface area contributed by atoms with E-state index in [1.165, 1.54) is 38.2 Å². The number of methoxy groups -OCH3 is 1. The zero-order valence-corrected chi connectivity index (χ0v) is 13.2. The Labute approximate surface area is 128 Å². The molecule has 1 aromatic rings. The number of hydrogen-bond acceptors (Lipinski definition) is 3. The average Bonchev–Trinajstić information content (AvgIpc) is 2.94. The molecule has 0 aromatic heterocycles. The molecule has 112 valence electrons. The Kier molecular flexibility index (Phi) is 5.30. The SMILES string of the molecule is COc1cccc(C(C)N2CCC3CNCC3C2)c1.Cl. The summed E-state index contributed by atoms with van der Waals surface area (Å²) in [5.41, 5.74) is 1.36. The molecule has 3 atom stereocenters. The van der Waals surface area contributed by atoms with Gasteiger partial charge in [-0.1, -0.05) is 12.1 Å². The van der Waals surface area contributed by atoms with Crippen molar-refractivity contribution in [2.24, 2.45) is 11.8 Å². The average molecular weight is 297 g/mol. The highest BCUT2D eigenvalue weighted by Crippen LogP contribution is 2.32. The molecular formula is C16H25ClN2O. The first kappa shape index (κ1) is 15.6. The maximum atomic E-state index is 5.33. The van der Waals surface area contributed by atoms with Crippen LogP contribution < -0.4 is 10.1 Å². The van der Waals surface area contributed by atoms with Crippen molar-refractivity contribution < 1.29 is 4.74 Å². The fourth-order valence-electron chi connectivity index (χ4n) is 3.53. The summed E-state index contributed by atoms with van der Waals surface area (Å²) >= 11 is 0. The zero-order chi connectivity index (χ0) is 13.2. The summed E-state index contributed by atoms with van der Waals surface area (Å²) < 4.78 is 5.33. The van der Waals surface area contributed by atoms with Gasteiger partial charge in [0.25, 0.3) is 0 Å². The van der Waals surface area contributed by atoms with Gasteiger partial charge in [-0.15, -0.1) is 12.4 Å². The summed E-state index contributed by atoms with van der Waals surface area (Å²) in [4.78, 5) is 2.63. The molecule has 2 fully saturated rings. The van der Waals surface area contributed by atoms with Crippen LogP contribution in [0.1, 0.15) is 24.9 Å². The van der Waals surface area contributed by atoms with Gasteiger partial charge < -0.3 is 10.1 Å². The van der Waals surface area contributed by atoms with Crippen molar-refractivity contribution in [2.75, 3.05) is 33.3 Å². The highest BCUT2D eigenvalue weighted by molar-refractivity contribution is 5.85. The number of rotatable bonds is 3. The summed E-state index contributed by atoms with van der Waals surface area (Å²) in [6, 6.07) is 8.98. The Morgan fingerprint density at radius 2 is 2.10 bits per heavy atom. The number of likely N-dealkylation sites (tertiary alicyclic amines) is 1. The number of halogens is 1. The molecule has 1 N–H and O–H groups in total. The lowest BCUT2D eigenvalue weighted by atomic mass is 9.87. The van der Waals surface area contributed by atoms with Crippen LogP contribution in [0.15, 0.2) is 24.3 Å². The van der Waals surface area contributed by atoms with Crippen LogP contribution >= 0.6 is 12.4 Å². The highest BCUT2D eigenvalue weighted by atomic mass is 35.5. The van der Waals surface area contributed by atoms with Crippen LogP contribution in [-0.4, -0.2) is 38.2 Å². The fraction of sp³-hybridized carbons (Fsp3) is 0.625. The van der Waals surface area contributed by atoms with Crippen LogP contribution in [0, 0.1) is 11.8 Å². The zero-order valence-electron chi connectivity index (χ0n) is 12.3. The molecule has 0 aliphatic carbocycles. The van der Waals surface area contributed by atoms with Crippen molar-refractivity contribution >= 4 is 12.4 Å².